The lowest BCUT2D eigenvalue weighted by Crippen LogP contribution is -2.42. The maximum absolute atomic E-state index is 11.9. The summed E-state index contributed by atoms with van der Waals surface area (Å²) < 4.78 is 6.04. The molecule has 2 saturated heterocycles. The smallest absolute Gasteiger partial charge is 0.303 e. The van der Waals surface area contributed by atoms with Crippen molar-refractivity contribution in [1.82, 2.24) is 10.6 Å². The Balaban J connectivity index is 1.68. The third-order valence-electron chi connectivity index (χ3n) is 5.41. The van der Waals surface area contributed by atoms with Crippen LogP contribution in [0.1, 0.15) is 51.4 Å². The molecule has 2 amide bonds. The summed E-state index contributed by atoms with van der Waals surface area (Å²) in [6.45, 7) is 3.89. The highest BCUT2D eigenvalue weighted by molar-refractivity contribution is 5.90. The number of nitrogens with one attached hydrogen (secondary N) is 2. The third-order valence-corrected chi connectivity index (χ3v) is 5.41. The molecule has 0 aromatic rings. The Hall–Kier alpha value is -1.89. The van der Waals surface area contributed by atoms with Gasteiger partial charge in [0.1, 0.15) is 0 Å². The minimum absolute atomic E-state index is 0.0409. The van der Waals surface area contributed by atoms with Gasteiger partial charge in [0.05, 0.1) is 18.8 Å². The molecule has 0 unspecified atom stereocenters. The topological polar surface area (TPSA) is 105 Å². The third kappa shape index (κ3) is 6.12. The molecule has 0 spiro atoms. The molecular formula is C19H30N2O5. The van der Waals surface area contributed by atoms with Crippen LogP contribution in [0.25, 0.3) is 0 Å². The molecule has 0 aliphatic carbocycles. The average molecular weight is 366 g/mol. The number of carbonyl (C=O) groups is 3. The fourth-order valence-electron chi connectivity index (χ4n) is 4.10. The standard InChI is InChI=1S/C19H30N2O5/c1-2-17(22)21-12-18(23)20-11-14-13(15-9-10-16(14)26-15)7-5-3-4-6-8-19(24)25/h2,13-16H,1,3-12H2,(H,20,23)(H,21,22)(H,24,25)/t13-,14+,15-,16+/m0/s1. The maximum Gasteiger partial charge on any atom is 0.303 e. The minimum Gasteiger partial charge on any atom is -0.481 e. The molecule has 0 saturated carbocycles. The van der Waals surface area contributed by atoms with Gasteiger partial charge in [-0.25, -0.2) is 0 Å². The molecule has 2 bridgehead atoms. The van der Waals surface area contributed by atoms with E-state index in [4.69, 9.17) is 9.84 Å². The Morgan fingerprint density at radius 3 is 2.42 bits per heavy atom. The van der Waals surface area contributed by atoms with Gasteiger partial charge in [0.15, 0.2) is 0 Å². The van der Waals surface area contributed by atoms with E-state index in [1.165, 1.54) is 0 Å². The first-order valence-corrected chi connectivity index (χ1v) is 9.55. The molecule has 3 N–H and O–H groups in total. The number of aliphatic carboxylic acids is 1. The first kappa shape index (κ1) is 20.4. The van der Waals surface area contributed by atoms with E-state index in [2.05, 4.69) is 17.2 Å². The number of amides is 2. The monoisotopic (exact) mass is 366 g/mol. The van der Waals surface area contributed by atoms with Gasteiger partial charge in [-0.05, 0) is 37.7 Å². The predicted molar refractivity (Wildman–Crippen MR) is 96.4 cm³/mol. The van der Waals surface area contributed by atoms with Crippen LogP contribution in [-0.2, 0) is 19.1 Å². The Morgan fingerprint density at radius 2 is 1.73 bits per heavy atom. The van der Waals surface area contributed by atoms with Gasteiger partial charge >= 0.3 is 5.97 Å². The van der Waals surface area contributed by atoms with Crippen molar-refractivity contribution < 1.29 is 24.2 Å². The van der Waals surface area contributed by atoms with Crippen molar-refractivity contribution in [2.75, 3.05) is 13.1 Å². The number of ether oxygens (including phenoxy) is 1. The maximum atomic E-state index is 11.9. The molecule has 2 heterocycles. The summed E-state index contributed by atoms with van der Waals surface area (Å²) >= 11 is 0. The van der Waals surface area contributed by atoms with Crippen LogP contribution in [-0.4, -0.2) is 48.2 Å². The molecule has 4 atom stereocenters. The fourth-order valence-corrected chi connectivity index (χ4v) is 4.10. The number of carbonyl (C=O) groups excluding carboxylic acids is 2. The molecule has 7 heteroatoms. The van der Waals surface area contributed by atoms with Gasteiger partial charge in [0.25, 0.3) is 0 Å². The summed E-state index contributed by atoms with van der Waals surface area (Å²) in [5.41, 5.74) is 0. The van der Waals surface area contributed by atoms with Gasteiger partial charge in [-0.3, -0.25) is 14.4 Å². The quantitative estimate of drug-likeness (QED) is 0.360. The van der Waals surface area contributed by atoms with E-state index in [-0.39, 0.29) is 30.9 Å². The lowest BCUT2D eigenvalue weighted by atomic mass is 9.76. The summed E-state index contributed by atoms with van der Waals surface area (Å²) in [7, 11) is 0. The van der Waals surface area contributed by atoms with Crippen molar-refractivity contribution in [2.24, 2.45) is 11.8 Å². The lowest BCUT2D eigenvalue weighted by molar-refractivity contribution is -0.137. The summed E-state index contributed by atoms with van der Waals surface area (Å²) in [5.74, 6) is -0.505. The molecule has 0 radical (unpaired) electrons. The second-order valence-electron chi connectivity index (χ2n) is 7.19. The molecule has 0 aromatic carbocycles. The number of rotatable bonds is 12. The second kappa shape index (κ2) is 10.3. The Morgan fingerprint density at radius 1 is 1.04 bits per heavy atom. The molecule has 146 valence electrons. The number of carboxylic acid groups (broad SMARTS) is 1. The Labute approximate surface area is 154 Å². The predicted octanol–water partition coefficient (Wildman–Crippen LogP) is 1.62. The zero-order chi connectivity index (χ0) is 18.9. The molecule has 7 nitrogen and oxygen atoms in total. The van der Waals surface area contributed by atoms with E-state index in [1.54, 1.807) is 0 Å². The van der Waals surface area contributed by atoms with Crippen LogP contribution < -0.4 is 10.6 Å². The van der Waals surface area contributed by atoms with Crippen molar-refractivity contribution in [3.63, 3.8) is 0 Å². The van der Waals surface area contributed by atoms with E-state index in [0.717, 1.165) is 51.0 Å². The van der Waals surface area contributed by atoms with Crippen LogP contribution in [0.15, 0.2) is 12.7 Å². The van der Waals surface area contributed by atoms with Gasteiger partial charge in [-0.2, -0.15) is 0 Å². The first-order chi connectivity index (χ1) is 12.5. The van der Waals surface area contributed by atoms with Crippen LogP contribution in [0, 0.1) is 11.8 Å². The van der Waals surface area contributed by atoms with Crippen LogP contribution in [0.3, 0.4) is 0 Å². The van der Waals surface area contributed by atoms with Crippen molar-refractivity contribution in [3.05, 3.63) is 12.7 Å². The molecule has 2 aliphatic rings. The van der Waals surface area contributed by atoms with Gasteiger partial charge in [0, 0.05) is 18.9 Å². The van der Waals surface area contributed by atoms with Crippen molar-refractivity contribution in [3.8, 4) is 0 Å². The highest BCUT2D eigenvalue weighted by Gasteiger charge is 2.48. The van der Waals surface area contributed by atoms with Crippen LogP contribution in [0.2, 0.25) is 0 Å². The normalized spacial score (nSPS) is 26.5. The SMILES string of the molecule is C=CC(=O)NCC(=O)NC[C@@H]1[C@H](CCCCCCC(=O)O)[C@@H]2CC[C@H]1O2. The van der Waals surface area contributed by atoms with E-state index < -0.39 is 5.97 Å². The molecule has 2 fully saturated rings. The molecule has 2 rings (SSSR count). The van der Waals surface area contributed by atoms with Crippen LogP contribution in [0.4, 0.5) is 0 Å². The Kier molecular flexibility index (Phi) is 8.09. The number of carboxylic acids is 1. The first-order valence-electron chi connectivity index (χ1n) is 9.55. The highest BCUT2D eigenvalue weighted by atomic mass is 16.5. The van der Waals surface area contributed by atoms with Crippen molar-refractivity contribution >= 4 is 17.8 Å². The number of unbranched alkanes of at least 4 members (excludes halogenated alkanes) is 3. The van der Waals surface area contributed by atoms with Gasteiger partial charge in [-0.15, -0.1) is 0 Å². The summed E-state index contributed by atoms with van der Waals surface area (Å²) in [6.07, 6.45) is 8.88. The molecule has 0 aromatic heterocycles. The van der Waals surface area contributed by atoms with E-state index in [1.807, 2.05) is 0 Å². The van der Waals surface area contributed by atoms with E-state index >= 15 is 0 Å². The van der Waals surface area contributed by atoms with Crippen LogP contribution in [0.5, 0.6) is 0 Å². The van der Waals surface area contributed by atoms with E-state index in [0.29, 0.717) is 24.5 Å². The van der Waals surface area contributed by atoms with Gasteiger partial charge in [-0.1, -0.05) is 25.8 Å². The summed E-state index contributed by atoms with van der Waals surface area (Å²) in [5, 5.41) is 14.0. The van der Waals surface area contributed by atoms with Gasteiger partial charge in [0.2, 0.25) is 11.8 Å². The van der Waals surface area contributed by atoms with Gasteiger partial charge < -0.3 is 20.5 Å². The van der Waals surface area contributed by atoms with Crippen molar-refractivity contribution in [2.45, 2.75) is 63.6 Å². The zero-order valence-electron chi connectivity index (χ0n) is 15.2. The van der Waals surface area contributed by atoms with Crippen LogP contribution >= 0.6 is 0 Å². The molecule has 26 heavy (non-hydrogen) atoms. The van der Waals surface area contributed by atoms with Crippen molar-refractivity contribution in [1.29, 1.82) is 0 Å². The molecular weight excluding hydrogens is 336 g/mol. The summed E-state index contributed by atoms with van der Waals surface area (Å²) in [6, 6.07) is 0. The fraction of sp³-hybridized carbons (Fsp3) is 0.737. The number of fused-ring (bicyclic) bond motifs is 2. The Bertz CT molecular complexity index is 522. The second-order valence-corrected chi connectivity index (χ2v) is 7.19. The minimum atomic E-state index is -0.730. The molecule has 2 aliphatic heterocycles. The van der Waals surface area contributed by atoms with E-state index in [9.17, 15) is 14.4 Å². The zero-order valence-corrected chi connectivity index (χ0v) is 15.2. The summed E-state index contributed by atoms with van der Waals surface area (Å²) in [4.78, 5) is 33.5. The number of hydrogen-bond acceptors (Lipinski definition) is 4. The number of hydrogen-bond donors (Lipinski definition) is 3. The largest absolute Gasteiger partial charge is 0.481 e. The average Bonchev–Trinajstić information content (AvgIpc) is 3.22. The highest BCUT2D eigenvalue weighted by Crippen LogP contribution is 2.45. The lowest BCUT2D eigenvalue weighted by Gasteiger charge is -2.28.